The molecule has 1 saturated carbocycles. The van der Waals surface area contributed by atoms with Crippen molar-refractivity contribution < 1.29 is 9.59 Å². The molecule has 130 valence electrons. The van der Waals surface area contributed by atoms with Crippen molar-refractivity contribution >= 4 is 11.8 Å². The summed E-state index contributed by atoms with van der Waals surface area (Å²) in [7, 11) is 0. The van der Waals surface area contributed by atoms with Gasteiger partial charge in [-0.1, -0.05) is 12.8 Å². The van der Waals surface area contributed by atoms with E-state index in [1.54, 1.807) is 6.20 Å². The van der Waals surface area contributed by atoms with Crippen LogP contribution in [0, 0.1) is 12.8 Å². The summed E-state index contributed by atoms with van der Waals surface area (Å²) in [6.07, 6.45) is 8.63. The molecule has 0 aromatic carbocycles. The van der Waals surface area contributed by atoms with E-state index in [1.807, 2.05) is 24.0 Å². The number of pyridine rings is 1. The molecule has 1 aliphatic carbocycles. The predicted molar refractivity (Wildman–Crippen MR) is 92.6 cm³/mol. The van der Waals surface area contributed by atoms with Crippen molar-refractivity contribution in [2.24, 2.45) is 5.92 Å². The molecule has 0 bridgehead atoms. The third-order valence-electron chi connectivity index (χ3n) is 5.26. The molecule has 2 heterocycles. The quantitative estimate of drug-likeness (QED) is 0.861. The van der Waals surface area contributed by atoms with Crippen molar-refractivity contribution in [1.82, 2.24) is 15.2 Å². The summed E-state index contributed by atoms with van der Waals surface area (Å²) in [4.78, 5) is 31.9. The smallest absolute Gasteiger partial charge is 0.255 e. The third-order valence-corrected chi connectivity index (χ3v) is 5.26. The highest BCUT2D eigenvalue weighted by Crippen LogP contribution is 2.30. The summed E-state index contributed by atoms with van der Waals surface area (Å²) < 4.78 is 0. The van der Waals surface area contributed by atoms with Gasteiger partial charge in [0, 0.05) is 31.0 Å². The Kier molecular flexibility index (Phi) is 5.48. The van der Waals surface area contributed by atoms with E-state index in [0.717, 1.165) is 63.7 Å². The number of aryl methyl sites for hydroxylation is 1. The zero-order valence-corrected chi connectivity index (χ0v) is 14.5. The Labute approximate surface area is 143 Å². The molecule has 5 nitrogen and oxygen atoms in total. The van der Waals surface area contributed by atoms with Gasteiger partial charge in [0.1, 0.15) is 0 Å². The van der Waals surface area contributed by atoms with Crippen LogP contribution in [-0.4, -0.2) is 40.8 Å². The molecule has 5 heteroatoms. The number of hydrogen-bond donors (Lipinski definition) is 1. The monoisotopic (exact) mass is 329 g/mol. The second-order valence-corrected chi connectivity index (χ2v) is 7.00. The van der Waals surface area contributed by atoms with Crippen molar-refractivity contribution in [2.75, 3.05) is 13.1 Å². The molecule has 1 aromatic heterocycles. The zero-order chi connectivity index (χ0) is 16.9. The van der Waals surface area contributed by atoms with E-state index in [1.165, 1.54) is 0 Å². The summed E-state index contributed by atoms with van der Waals surface area (Å²) in [6.45, 7) is 3.42. The Balaban J connectivity index is 1.86. The van der Waals surface area contributed by atoms with Crippen LogP contribution < -0.4 is 5.32 Å². The maximum absolute atomic E-state index is 13.1. The first kappa shape index (κ1) is 16.9. The van der Waals surface area contributed by atoms with E-state index in [0.29, 0.717) is 5.56 Å². The summed E-state index contributed by atoms with van der Waals surface area (Å²) >= 11 is 0. The van der Waals surface area contributed by atoms with Crippen LogP contribution >= 0.6 is 0 Å². The van der Waals surface area contributed by atoms with Crippen molar-refractivity contribution in [2.45, 2.75) is 57.9 Å². The highest BCUT2D eigenvalue weighted by molar-refractivity contribution is 5.94. The van der Waals surface area contributed by atoms with Gasteiger partial charge in [0.2, 0.25) is 5.91 Å². The van der Waals surface area contributed by atoms with Crippen LogP contribution in [0.1, 0.15) is 61.0 Å². The van der Waals surface area contributed by atoms with E-state index in [2.05, 4.69) is 10.3 Å². The van der Waals surface area contributed by atoms with Gasteiger partial charge in [0.25, 0.3) is 5.91 Å². The molecule has 2 aliphatic rings. The van der Waals surface area contributed by atoms with Crippen molar-refractivity contribution in [3.05, 3.63) is 29.6 Å². The largest absolute Gasteiger partial charge is 0.356 e. The van der Waals surface area contributed by atoms with Crippen LogP contribution in [-0.2, 0) is 4.79 Å². The molecule has 1 aliphatic heterocycles. The van der Waals surface area contributed by atoms with Crippen LogP contribution in [0.4, 0.5) is 0 Å². The Morgan fingerprint density at radius 1 is 1.17 bits per heavy atom. The lowest BCUT2D eigenvalue weighted by molar-refractivity contribution is -0.128. The third kappa shape index (κ3) is 3.77. The number of hydrogen-bond acceptors (Lipinski definition) is 3. The highest BCUT2D eigenvalue weighted by atomic mass is 16.2. The average molecular weight is 329 g/mol. The first-order chi connectivity index (χ1) is 11.7. The number of fused-ring (bicyclic) bond motifs is 1. The van der Waals surface area contributed by atoms with Gasteiger partial charge in [-0.3, -0.25) is 14.6 Å². The minimum atomic E-state index is -0.0702. The van der Waals surface area contributed by atoms with Gasteiger partial charge >= 0.3 is 0 Å². The van der Waals surface area contributed by atoms with E-state index in [4.69, 9.17) is 0 Å². The predicted octanol–water partition coefficient (Wildman–Crippen LogP) is 2.69. The minimum Gasteiger partial charge on any atom is -0.356 e. The fourth-order valence-corrected chi connectivity index (χ4v) is 3.89. The van der Waals surface area contributed by atoms with Gasteiger partial charge in [-0.2, -0.15) is 0 Å². The normalized spacial score (nSPS) is 25.5. The number of nitrogens with one attached hydrogen (secondary N) is 1. The van der Waals surface area contributed by atoms with Gasteiger partial charge in [-0.25, -0.2) is 0 Å². The SMILES string of the molecule is Cc1ccc(C(=O)N2CCCCCNC(=O)[C@@H]3CCCC[C@@H]32)cn1. The van der Waals surface area contributed by atoms with Gasteiger partial charge in [-0.15, -0.1) is 0 Å². The molecule has 0 unspecified atom stereocenters. The lowest BCUT2D eigenvalue weighted by Crippen LogP contribution is -2.51. The number of aromatic nitrogens is 1. The standard InChI is InChI=1S/C19H27N3O2/c1-14-9-10-15(13-21-14)19(24)22-12-6-2-5-11-20-18(23)16-7-3-4-8-17(16)22/h9-10,13,16-17H,2-8,11-12H2,1H3,(H,20,23)/t16-,17+/m1/s1. The average Bonchev–Trinajstić information content (AvgIpc) is 2.61. The maximum atomic E-state index is 13.1. The summed E-state index contributed by atoms with van der Waals surface area (Å²) in [5.41, 5.74) is 1.53. The lowest BCUT2D eigenvalue weighted by atomic mass is 9.82. The highest BCUT2D eigenvalue weighted by Gasteiger charge is 2.37. The molecule has 3 rings (SSSR count). The van der Waals surface area contributed by atoms with Gasteiger partial charge in [0.05, 0.1) is 11.5 Å². The molecule has 1 saturated heterocycles. The fraction of sp³-hybridized carbons (Fsp3) is 0.632. The molecule has 1 N–H and O–H groups in total. The van der Waals surface area contributed by atoms with Gasteiger partial charge < -0.3 is 10.2 Å². The summed E-state index contributed by atoms with van der Waals surface area (Å²) in [5.74, 6) is 0.0772. The van der Waals surface area contributed by atoms with E-state index in [-0.39, 0.29) is 23.8 Å². The maximum Gasteiger partial charge on any atom is 0.255 e. The van der Waals surface area contributed by atoms with E-state index < -0.39 is 0 Å². The van der Waals surface area contributed by atoms with Crippen LogP contribution in [0.2, 0.25) is 0 Å². The topological polar surface area (TPSA) is 62.3 Å². The number of nitrogens with zero attached hydrogens (tertiary/aromatic N) is 2. The van der Waals surface area contributed by atoms with Crippen molar-refractivity contribution in [1.29, 1.82) is 0 Å². The van der Waals surface area contributed by atoms with Crippen molar-refractivity contribution in [3.8, 4) is 0 Å². The molecular weight excluding hydrogens is 302 g/mol. The van der Waals surface area contributed by atoms with Crippen molar-refractivity contribution in [3.63, 3.8) is 0 Å². The van der Waals surface area contributed by atoms with Gasteiger partial charge in [0.15, 0.2) is 0 Å². The van der Waals surface area contributed by atoms with Crippen LogP contribution in [0.5, 0.6) is 0 Å². The Morgan fingerprint density at radius 2 is 2.00 bits per heavy atom. The second-order valence-electron chi connectivity index (χ2n) is 7.00. The molecule has 0 radical (unpaired) electrons. The molecule has 24 heavy (non-hydrogen) atoms. The molecule has 2 atom stereocenters. The molecule has 0 spiro atoms. The number of carbonyl (C=O) groups excluding carboxylic acids is 2. The summed E-state index contributed by atoms with van der Waals surface area (Å²) in [6, 6.07) is 3.74. The van der Waals surface area contributed by atoms with Crippen LogP contribution in [0.3, 0.4) is 0 Å². The lowest BCUT2D eigenvalue weighted by Gasteiger charge is -2.40. The number of amides is 2. The zero-order valence-electron chi connectivity index (χ0n) is 14.5. The Bertz CT molecular complexity index is 585. The fourth-order valence-electron chi connectivity index (χ4n) is 3.89. The van der Waals surface area contributed by atoms with Gasteiger partial charge in [-0.05, 0) is 51.2 Å². The van der Waals surface area contributed by atoms with Crippen LogP contribution in [0.15, 0.2) is 18.3 Å². The molecule has 2 fully saturated rings. The summed E-state index contributed by atoms with van der Waals surface area (Å²) in [5, 5.41) is 3.07. The minimum absolute atomic E-state index is 0.0191. The first-order valence-electron chi connectivity index (χ1n) is 9.18. The van der Waals surface area contributed by atoms with Crippen LogP contribution in [0.25, 0.3) is 0 Å². The number of rotatable bonds is 1. The molecular formula is C19H27N3O2. The second kappa shape index (κ2) is 7.77. The number of carbonyl (C=O) groups is 2. The molecule has 2 amide bonds. The Morgan fingerprint density at radius 3 is 2.79 bits per heavy atom. The van der Waals surface area contributed by atoms with E-state index >= 15 is 0 Å². The molecule has 1 aromatic rings. The Hall–Kier alpha value is -1.91. The van der Waals surface area contributed by atoms with E-state index in [9.17, 15) is 9.59 Å². The first-order valence-corrected chi connectivity index (χ1v) is 9.18.